The van der Waals surface area contributed by atoms with E-state index in [1.165, 1.54) is 12.8 Å². The number of nitrogens with one attached hydrogen (secondary N) is 1. The first-order valence-corrected chi connectivity index (χ1v) is 7.44. The van der Waals surface area contributed by atoms with Crippen LogP contribution in [0.15, 0.2) is 16.7 Å². The lowest BCUT2D eigenvalue weighted by molar-refractivity contribution is 0.122. The van der Waals surface area contributed by atoms with E-state index in [0.717, 1.165) is 41.2 Å². The second kappa shape index (κ2) is 6.53. The Morgan fingerprint density at radius 2 is 2.33 bits per heavy atom. The van der Waals surface area contributed by atoms with Gasteiger partial charge in [0.15, 0.2) is 0 Å². The summed E-state index contributed by atoms with van der Waals surface area (Å²) in [6.45, 7) is 3.09. The van der Waals surface area contributed by atoms with Gasteiger partial charge in [0, 0.05) is 22.8 Å². The van der Waals surface area contributed by atoms with Crippen molar-refractivity contribution < 1.29 is 4.74 Å². The second-order valence-corrected chi connectivity index (χ2v) is 6.08. The Hall–Kier alpha value is -0.610. The number of halogens is 1. The molecule has 18 heavy (non-hydrogen) atoms. The van der Waals surface area contributed by atoms with Gasteiger partial charge >= 0.3 is 0 Å². The van der Waals surface area contributed by atoms with Crippen LogP contribution >= 0.6 is 15.9 Å². The molecule has 1 saturated carbocycles. The van der Waals surface area contributed by atoms with Crippen LogP contribution in [-0.2, 0) is 6.54 Å². The van der Waals surface area contributed by atoms with E-state index < -0.39 is 0 Å². The zero-order valence-electron chi connectivity index (χ0n) is 11.1. The van der Waals surface area contributed by atoms with Crippen LogP contribution in [-0.4, -0.2) is 18.1 Å². The molecule has 1 aromatic heterocycles. The standard InChI is InChI=1S/C14H21BrN2O/c1-10-4-3-5-13(6-10)18-14-11(8-16-2)7-12(15)9-17-14/h7,9-10,13,16H,3-6,8H2,1-2H3. The van der Waals surface area contributed by atoms with E-state index in [1.807, 2.05) is 7.05 Å². The molecule has 0 amide bonds. The van der Waals surface area contributed by atoms with Crippen molar-refractivity contribution in [2.45, 2.75) is 45.3 Å². The molecule has 1 N–H and O–H groups in total. The fraction of sp³-hybridized carbons (Fsp3) is 0.643. The first kappa shape index (κ1) is 13.8. The number of hydrogen-bond donors (Lipinski definition) is 1. The summed E-state index contributed by atoms with van der Waals surface area (Å²) in [5, 5.41) is 3.16. The number of pyridine rings is 1. The van der Waals surface area contributed by atoms with E-state index in [2.05, 4.69) is 39.2 Å². The molecule has 1 fully saturated rings. The van der Waals surface area contributed by atoms with E-state index in [-0.39, 0.29) is 0 Å². The molecule has 1 aromatic rings. The first-order valence-electron chi connectivity index (χ1n) is 6.64. The van der Waals surface area contributed by atoms with Crippen LogP contribution in [0.3, 0.4) is 0 Å². The fourth-order valence-electron chi connectivity index (χ4n) is 2.54. The van der Waals surface area contributed by atoms with Crippen molar-refractivity contribution in [1.82, 2.24) is 10.3 Å². The van der Waals surface area contributed by atoms with Crippen molar-refractivity contribution in [3.05, 3.63) is 22.3 Å². The molecule has 2 unspecified atom stereocenters. The molecule has 0 saturated heterocycles. The van der Waals surface area contributed by atoms with Crippen LogP contribution in [0.4, 0.5) is 0 Å². The summed E-state index contributed by atoms with van der Waals surface area (Å²) in [5.41, 5.74) is 1.12. The molecule has 0 spiro atoms. The first-order chi connectivity index (χ1) is 8.69. The van der Waals surface area contributed by atoms with Crippen LogP contribution in [0.2, 0.25) is 0 Å². The topological polar surface area (TPSA) is 34.2 Å². The number of hydrogen-bond acceptors (Lipinski definition) is 3. The third-order valence-electron chi connectivity index (χ3n) is 3.43. The maximum absolute atomic E-state index is 6.09. The highest BCUT2D eigenvalue weighted by molar-refractivity contribution is 9.10. The molecule has 3 nitrogen and oxygen atoms in total. The van der Waals surface area contributed by atoms with Gasteiger partial charge in [-0.3, -0.25) is 0 Å². The molecule has 1 heterocycles. The second-order valence-electron chi connectivity index (χ2n) is 5.16. The highest BCUT2D eigenvalue weighted by Gasteiger charge is 2.21. The van der Waals surface area contributed by atoms with E-state index in [1.54, 1.807) is 6.20 Å². The summed E-state index contributed by atoms with van der Waals surface area (Å²) >= 11 is 3.46. The van der Waals surface area contributed by atoms with Crippen LogP contribution in [0.25, 0.3) is 0 Å². The normalized spacial score (nSPS) is 23.9. The minimum atomic E-state index is 0.332. The lowest BCUT2D eigenvalue weighted by Gasteiger charge is -2.27. The van der Waals surface area contributed by atoms with Crippen molar-refractivity contribution in [2.75, 3.05) is 7.05 Å². The smallest absolute Gasteiger partial charge is 0.218 e. The van der Waals surface area contributed by atoms with Gasteiger partial charge in [0.1, 0.15) is 6.10 Å². The minimum absolute atomic E-state index is 0.332. The highest BCUT2D eigenvalue weighted by Crippen LogP contribution is 2.28. The zero-order chi connectivity index (χ0) is 13.0. The molecular formula is C14H21BrN2O. The van der Waals surface area contributed by atoms with Gasteiger partial charge in [-0.05, 0) is 54.2 Å². The van der Waals surface area contributed by atoms with Gasteiger partial charge < -0.3 is 10.1 Å². The molecule has 0 bridgehead atoms. The minimum Gasteiger partial charge on any atom is -0.474 e. The van der Waals surface area contributed by atoms with Gasteiger partial charge in [0.25, 0.3) is 0 Å². The molecule has 1 aliphatic carbocycles. The molecule has 4 heteroatoms. The van der Waals surface area contributed by atoms with Crippen LogP contribution < -0.4 is 10.1 Å². The summed E-state index contributed by atoms with van der Waals surface area (Å²) < 4.78 is 7.09. The Morgan fingerprint density at radius 1 is 1.50 bits per heavy atom. The number of nitrogens with zero attached hydrogens (tertiary/aromatic N) is 1. The fourth-order valence-corrected chi connectivity index (χ4v) is 2.91. The molecule has 2 atom stereocenters. The Kier molecular flexibility index (Phi) is 5.01. The monoisotopic (exact) mass is 312 g/mol. The average Bonchev–Trinajstić information content (AvgIpc) is 2.33. The van der Waals surface area contributed by atoms with E-state index in [9.17, 15) is 0 Å². The summed E-state index contributed by atoms with van der Waals surface area (Å²) in [7, 11) is 1.94. The van der Waals surface area contributed by atoms with Crippen molar-refractivity contribution in [2.24, 2.45) is 5.92 Å². The third-order valence-corrected chi connectivity index (χ3v) is 3.86. The summed E-state index contributed by atoms with van der Waals surface area (Å²) in [6.07, 6.45) is 7.04. The molecule has 100 valence electrons. The summed E-state index contributed by atoms with van der Waals surface area (Å²) in [5.74, 6) is 1.55. The average molecular weight is 313 g/mol. The Labute approximate surface area is 117 Å². The van der Waals surface area contributed by atoms with Gasteiger partial charge in [-0.1, -0.05) is 13.3 Å². The Balaban J connectivity index is 2.07. The Morgan fingerprint density at radius 3 is 3.06 bits per heavy atom. The van der Waals surface area contributed by atoms with E-state index in [0.29, 0.717) is 6.10 Å². The van der Waals surface area contributed by atoms with Crippen LogP contribution in [0, 0.1) is 5.92 Å². The highest BCUT2D eigenvalue weighted by atomic mass is 79.9. The van der Waals surface area contributed by atoms with Crippen molar-refractivity contribution in [3.8, 4) is 5.88 Å². The van der Waals surface area contributed by atoms with Gasteiger partial charge in [0.05, 0.1) is 0 Å². The van der Waals surface area contributed by atoms with E-state index in [4.69, 9.17) is 4.74 Å². The maximum atomic E-state index is 6.09. The summed E-state index contributed by atoms with van der Waals surface area (Å²) in [4.78, 5) is 4.41. The van der Waals surface area contributed by atoms with Crippen molar-refractivity contribution >= 4 is 15.9 Å². The predicted octanol–water partition coefficient (Wildman–Crippen LogP) is 3.52. The third kappa shape index (κ3) is 3.69. The van der Waals surface area contributed by atoms with Gasteiger partial charge in [0.2, 0.25) is 5.88 Å². The van der Waals surface area contributed by atoms with Crippen molar-refractivity contribution in [1.29, 1.82) is 0 Å². The molecule has 0 aliphatic heterocycles. The maximum Gasteiger partial charge on any atom is 0.218 e. The summed E-state index contributed by atoms with van der Waals surface area (Å²) in [6, 6.07) is 2.07. The predicted molar refractivity (Wildman–Crippen MR) is 76.7 cm³/mol. The number of ether oxygens (including phenoxy) is 1. The van der Waals surface area contributed by atoms with Crippen molar-refractivity contribution in [3.63, 3.8) is 0 Å². The number of aromatic nitrogens is 1. The zero-order valence-corrected chi connectivity index (χ0v) is 12.7. The molecule has 0 aromatic carbocycles. The van der Waals surface area contributed by atoms with E-state index >= 15 is 0 Å². The van der Waals surface area contributed by atoms with Gasteiger partial charge in [-0.2, -0.15) is 0 Å². The molecule has 2 rings (SSSR count). The Bertz CT molecular complexity index is 397. The lowest BCUT2D eigenvalue weighted by Crippen LogP contribution is -2.25. The van der Waals surface area contributed by atoms with Crippen LogP contribution in [0.5, 0.6) is 5.88 Å². The van der Waals surface area contributed by atoms with Gasteiger partial charge in [-0.15, -0.1) is 0 Å². The molecule has 1 aliphatic rings. The largest absolute Gasteiger partial charge is 0.474 e. The molecular weight excluding hydrogens is 292 g/mol. The quantitative estimate of drug-likeness (QED) is 0.923. The van der Waals surface area contributed by atoms with Crippen LogP contribution in [0.1, 0.15) is 38.2 Å². The molecule has 0 radical (unpaired) electrons. The lowest BCUT2D eigenvalue weighted by atomic mass is 9.89. The SMILES string of the molecule is CNCc1cc(Br)cnc1OC1CCCC(C)C1. The number of rotatable bonds is 4. The van der Waals surface area contributed by atoms with Gasteiger partial charge in [-0.25, -0.2) is 4.98 Å².